The molecule has 142 valence electrons. The van der Waals surface area contributed by atoms with Gasteiger partial charge in [0, 0.05) is 56.8 Å². The summed E-state index contributed by atoms with van der Waals surface area (Å²) in [4.78, 5) is 33.2. The zero-order valence-corrected chi connectivity index (χ0v) is 16.1. The molecule has 3 heterocycles. The molecular formula is C21H31N3O2. The van der Waals surface area contributed by atoms with Crippen LogP contribution in [0.2, 0.25) is 0 Å². The van der Waals surface area contributed by atoms with E-state index in [-0.39, 0.29) is 17.2 Å². The lowest BCUT2D eigenvalue weighted by atomic mass is 9.73. The first-order chi connectivity index (χ1) is 12.5. The number of pyridine rings is 1. The Bertz CT molecular complexity index is 631. The van der Waals surface area contributed by atoms with Gasteiger partial charge < -0.3 is 9.80 Å². The molecular weight excluding hydrogens is 326 g/mol. The van der Waals surface area contributed by atoms with Gasteiger partial charge in [-0.25, -0.2) is 0 Å². The van der Waals surface area contributed by atoms with Crippen molar-refractivity contribution in [2.75, 3.05) is 19.6 Å². The highest BCUT2D eigenvalue weighted by Crippen LogP contribution is 2.39. The van der Waals surface area contributed by atoms with E-state index in [0.29, 0.717) is 25.3 Å². The van der Waals surface area contributed by atoms with Gasteiger partial charge >= 0.3 is 0 Å². The van der Waals surface area contributed by atoms with Crippen LogP contribution < -0.4 is 0 Å². The molecule has 0 N–H and O–H groups in total. The molecule has 2 saturated heterocycles. The fourth-order valence-electron chi connectivity index (χ4n) is 4.28. The van der Waals surface area contributed by atoms with Crippen LogP contribution >= 0.6 is 0 Å². The summed E-state index contributed by atoms with van der Waals surface area (Å²) in [5.41, 5.74) is 1.14. The van der Waals surface area contributed by atoms with Crippen molar-refractivity contribution in [3.8, 4) is 0 Å². The Hall–Kier alpha value is -1.91. The predicted octanol–water partition coefficient (Wildman–Crippen LogP) is 3.25. The third kappa shape index (κ3) is 4.63. The van der Waals surface area contributed by atoms with E-state index < -0.39 is 0 Å². The molecule has 1 aromatic rings. The summed E-state index contributed by atoms with van der Waals surface area (Å²) < 4.78 is 0. The molecule has 5 heteroatoms. The van der Waals surface area contributed by atoms with E-state index in [1.165, 1.54) is 0 Å². The Morgan fingerprint density at radius 2 is 2.15 bits per heavy atom. The maximum Gasteiger partial charge on any atom is 0.222 e. The van der Waals surface area contributed by atoms with Gasteiger partial charge in [0.1, 0.15) is 0 Å². The molecule has 0 aliphatic carbocycles. The van der Waals surface area contributed by atoms with Crippen molar-refractivity contribution in [1.82, 2.24) is 14.8 Å². The number of hydrogen-bond donors (Lipinski definition) is 0. The van der Waals surface area contributed by atoms with Crippen LogP contribution in [-0.2, 0) is 16.1 Å². The molecule has 0 radical (unpaired) electrons. The van der Waals surface area contributed by atoms with E-state index in [0.717, 1.165) is 50.9 Å². The van der Waals surface area contributed by atoms with Crippen molar-refractivity contribution in [1.29, 1.82) is 0 Å². The van der Waals surface area contributed by atoms with E-state index in [2.05, 4.69) is 23.7 Å². The second kappa shape index (κ2) is 8.19. The van der Waals surface area contributed by atoms with E-state index in [4.69, 9.17) is 0 Å². The number of nitrogens with zero attached hydrogens (tertiary/aromatic N) is 3. The standard InChI is InChI=1S/C21H31N3O2/c1-17(2)6-7-19(25)23-12-4-9-21(15-23)10-8-20(26)24(16-21)14-18-5-3-11-22-13-18/h3,5,11,13,17H,4,6-10,12,14-16H2,1-2H3. The first-order valence-corrected chi connectivity index (χ1v) is 9.92. The van der Waals surface area contributed by atoms with E-state index >= 15 is 0 Å². The molecule has 2 amide bonds. The Morgan fingerprint density at radius 3 is 2.88 bits per heavy atom. The molecule has 5 nitrogen and oxygen atoms in total. The summed E-state index contributed by atoms with van der Waals surface area (Å²) in [6, 6.07) is 3.93. The molecule has 2 aliphatic heterocycles. The Balaban J connectivity index is 1.64. The highest BCUT2D eigenvalue weighted by molar-refractivity contribution is 5.78. The van der Waals surface area contributed by atoms with E-state index in [1.807, 2.05) is 23.2 Å². The van der Waals surface area contributed by atoms with Crippen molar-refractivity contribution >= 4 is 11.8 Å². The number of hydrogen-bond acceptors (Lipinski definition) is 3. The van der Waals surface area contributed by atoms with Crippen LogP contribution in [-0.4, -0.2) is 46.2 Å². The summed E-state index contributed by atoms with van der Waals surface area (Å²) >= 11 is 0. The molecule has 1 unspecified atom stereocenters. The SMILES string of the molecule is CC(C)CCC(=O)N1CCCC2(CCC(=O)N(Cc3cccnc3)C2)C1. The first-order valence-electron chi connectivity index (χ1n) is 9.92. The van der Waals surface area contributed by atoms with Crippen molar-refractivity contribution in [3.63, 3.8) is 0 Å². The van der Waals surface area contributed by atoms with E-state index in [9.17, 15) is 9.59 Å². The molecule has 2 fully saturated rings. The smallest absolute Gasteiger partial charge is 0.222 e. The Labute approximate surface area is 156 Å². The highest BCUT2D eigenvalue weighted by Gasteiger charge is 2.42. The molecule has 0 bridgehead atoms. The van der Waals surface area contributed by atoms with Crippen molar-refractivity contribution in [2.24, 2.45) is 11.3 Å². The number of aromatic nitrogens is 1. The number of piperidine rings is 2. The van der Waals surface area contributed by atoms with Gasteiger partial charge in [-0.15, -0.1) is 0 Å². The predicted molar refractivity (Wildman–Crippen MR) is 101 cm³/mol. The monoisotopic (exact) mass is 357 g/mol. The van der Waals surface area contributed by atoms with Gasteiger partial charge in [-0.2, -0.15) is 0 Å². The third-order valence-electron chi connectivity index (χ3n) is 5.79. The Morgan fingerprint density at radius 1 is 1.31 bits per heavy atom. The normalized spacial score (nSPS) is 23.7. The largest absolute Gasteiger partial charge is 0.342 e. The van der Waals surface area contributed by atoms with Gasteiger partial charge in [0.15, 0.2) is 0 Å². The molecule has 2 aliphatic rings. The zero-order chi connectivity index (χ0) is 18.6. The number of carbonyl (C=O) groups is 2. The van der Waals surface area contributed by atoms with Crippen LogP contribution in [0.3, 0.4) is 0 Å². The summed E-state index contributed by atoms with van der Waals surface area (Å²) in [5.74, 6) is 1.07. The molecule has 26 heavy (non-hydrogen) atoms. The summed E-state index contributed by atoms with van der Waals surface area (Å²) in [6.45, 7) is 7.38. The minimum atomic E-state index is 0.0713. The average Bonchev–Trinajstić information content (AvgIpc) is 2.64. The van der Waals surface area contributed by atoms with Crippen molar-refractivity contribution in [2.45, 2.75) is 58.9 Å². The maximum absolute atomic E-state index is 12.6. The molecule has 1 spiro atoms. The fourth-order valence-corrected chi connectivity index (χ4v) is 4.28. The van der Waals surface area contributed by atoms with Crippen LogP contribution in [0.5, 0.6) is 0 Å². The maximum atomic E-state index is 12.6. The van der Waals surface area contributed by atoms with Crippen molar-refractivity contribution in [3.05, 3.63) is 30.1 Å². The van der Waals surface area contributed by atoms with Gasteiger partial charge in [-0.05, 0) is 43.2 Å². The van der Waals surface area contributed by atoms with Gasteiger partial charge in [-0.1, -0.05) is 19.9 Å². The number of amides is 2. The molecule has 0 saturated carbocycles. The summed E-state index contributed by atoms with van der Waals surface area (Å²) in [5, 5.41) is 0. The topological polar surface area (TPSA) is 53.5 Å². The highest BCUT2D eigenvalue weighted by atomic mass is 16.2. The second-order valence-electron chi connectivity index (χ2n) is 8.46. The lowest BCUT2D eigenvalue weighted by Crippen LogP contribution is -2.54. The average molecular weight is 357 g/mol. The Kier molecular flexibility index (Phi) is 5.94. The fraction of sp³-hybridized carbons (Fsp3) is 0.667. The minimum absolute atomic E-state index is 0.0713. The lowest BCUT2D eigenvalue weighted by Gasteiger charge is -2.48. The van der Waals surface area contributed by atoms with Gasteiger partial charge in [0.2, 0.25) is 11.8 Å². The van der Waals surface area contributed by atoms with Crippen LogP contribution in [0.1, 0.15) is 57.9 Å². The summed E-state index contributed by atoms with van der Waals surface area (Å²) in [6.07, 6.45) is 8.83. The summed E-state index contributed by atoms with van der Waals surface area (Å²) in [7, 11) is 0. The van der Waals surface area contributed by atoms with Gasteiger partial charge in [0.25, 0.3) is 0 Å². The molecule has 1 aromatic heterocycles. The van der Waals surface area contributed by atoms with Gasteiger partial charge in [0.05, 0.1) is 0 Å². The quantitative estimate of drug-likeness (QED) is 0.813. The second-order valence-corrected chi connectivity index (χ2v) is 8.46. The lowest BCUT2D eigenvalue weighted by molar-refractivity contribution is -0.143. The number of likely N-dealkylation sites (tertiary alicyclic amines) is 2. The third-order valence-corrected chi connectivity index (χ3v) is 5.79. The number of carbonyl (C=O) groups excluding carboxylic acids is 2. The molecule has 3 rings (SSSR count). The molecule has 0 aromatic carbocycles. The minimum Gasteiger partial charge on any atom is -0.342 e. The van der Waals surface area contributed by atoms with E-state index in [1.54, 1.807) is 6.20 Å². The van der Waals surface area contributed by atoms with Crippen LogP contribution in [0.4, 0.5) is 0 Å². The molecule has 1 atom stereocenters. The number of rotatable bonds is 5. The first kappa shape index (κ1) is 18.9. The van der Waals surface area contributed by atoms with Crippen LogP contribution in [0.25, 0.3) is 0 Å². The zero-order valence-electron chi connectivity index (χ0n) is 16.1. The van der Waals surface area contributed by atoms with Gasteiger partial charge in [-0.3, -0.25) is 14.6 Å². The van der Waals surface area contributed by atoms with Crippen LogP contribution in [0, 0.1) is 11.3 Å². The van der Waals surface area contributed by atoms with Crippen LogP contribution in [0.15, 0.2) is 24.5 Å². The van der Waals surface area contributed by atoms with Crippen molar-refractivity contribution < 1.29 is 9.59 Å².